The molecule has 1 aromatic carbocycles. The number of hydrogen-bond acceptors (Lipinski definition) is 4. The number of esters is 1. The summed E-state index contributed by atoms with van der Waals surface area (Å²) in [6.45, 7) is 2.12. The molecule has 5 heteroatoms. The first-order valence-electron chi connectivity index (χ1n) is 5.29. The molecule has 3 rings (SSSR count). The van der Waals surface area contributed by atoms with Crippen LogP contribution in [0, 0.1) is 10.1 Å². The summed E-state index contributed by atoms with van der Waals surface area (Å²) < 4.78 is 4.96. The fraction of sp³-hybridized carbons (Fsp3) is 0.250. The van der Waals surface area contributed by atoms with Crippen molar-refractivity contribution in [3.8, 4) is 0 Å². The van der Waals surface area contributed by atoms with E-state index < -0.39 is 4.92 Å². The minimum atomic E-state index is -0.400. The molecule has 0 aromatic heterocycles. The van der Waals surface area contributed by atoms with Crippen molar-refractivity contribution in [1.82, 2.24) is 0 Å². The highest BCUT2D eigenvalue weighted by Gasteiger charge is 2.41. The summed E-state index contributed by atoms with van der Waals surface area (Å²) in [4.78, 5) is 22.2. The zero-order valence-electron chi connectivity index (χ0n) is 9.10. The number of nitro groups is 1. The molecule has 0 saturated heterocycles. The maximum atomic E-state index is 11.6. The Morgan fingerprint density at radius 2 is 2.24 bits per heavy atom. The summed E-state index contributed by atoms with van der Waals surface area (Å²) in [5.41, 5.74) is 2.76. The highest BCUT2D eigenvalue weighted by Crippen LogP contribution is 2.48. The molecule has 0 spiro atoms. The molecule has 0 amide bonds. The van der Waals surface area contributed by atoms with Gasteiger partial charge < -0.3 is 4.74 Å². The standard InChI is InChI=1S/C12H9NO4/c1-6-8-5-17-12(14)11(8)7-3-2-4-9(10(6)7)13(15)16/h2-4,6H,5H2,1H3. The van der Waals surface area contributed by atoms with Crippen molar-refractivity contribution in [3.63, 3.8) is 0 Å². The second-order valence-electron chi connectivity index (χ2n) is 4.19. The molecule has 17 heavy (non-hydrogen) atoms. The maximum absolute atomic E-state index is 11.6. The van der Waals surface area contributed by atoms with E-state index in [1.807, 2.05) is 6.92 Å². The van der Waals surface area contributed by atoms with Gasteiger partial charge in [-0.2, -0.15) is 0 Å². The monoisotopic (exact) mass is 231 g/mol. The van der Waals surface area contributed by atoms with E-state index >= 15 is 0 Å². The van der Waals surface area contributed by atoms with E-state index in [9.17, 15) is 14.9 Å². The first kappa shape index (κ1) is 10.0. The van der Waals surface area contributed by atoms with Gasteiger partial charge in [0.2, 0.25) is 0 Å². The van der Waals surface area contributed by atoms with Crippen LogP contribution in [0.15, 0.2) is 23.8 Å². The molecule has 0 saturated carbocycles. The van der Waals surface area contributed by atoms with E-state index in [4.69, 9.17) is 4.74 Å². The van der Waals surface area contributed by atoms with Crippen molar-refractivity contribution >= 4 is 17.2 Å². The lowest BCUT2D eigenvalue weighted by atomic mass is 9.96. The molecule has 0 fully saturated rings. The minimum absolute atomic E-state index is 0.0807. The van der Waals surface area contributed by atoms with E-state index in [0.717, 1.165) is 5.57 Å². The highest BCUT2D eigenvalue weighted by molar-refractivity contribution is 6.21. The maximum Gasteiger partial charge on any atom is 0.339 e. The Bertz CT molecular complexity index is 588. The summed E-state index contributed by atoms with van der Waals surface area (Å²) in [7, 11) is 0. The Morgan fingerprint density at radius 3 is 2.94 bits per heavy atom. The van der Waals surface area contributed by atoms with Crippen LogP contribution < -0.4 is 0 Å². The number of fused-ring (bicyclic) bond motifs is 2. The lowest BCUT2D eigenvalue weighted by Gasteiger charge is -2.10. The molecular formula is C12H9NO4. The predicted octanol–water partition coefficient (Wildman–Crippen LogP) is 2.02. The SMILES string of the molecule is CC1C2=C(C(=O)OC2)c2cccc([N+](=O)[O-])c21. The number of rotatable bonds is 1. The highest BCUT2D eigenvalue weighted by atomic mass is 16.6. The number of benzene rings is 1. The molecule has 86 valence electrons. The van der Waals surface area contributed by atoms with Gasteiger partial charge in [-0.1, -0.05) is 19.1 Å². The van der Waals surface area contributed by atoms with Crippen LogP contribution in [-0.2, 0) is 9.53 Å². The lowest BCUT2D eigenvalue weighted by Crippen LogP contribution is -2.05. The molecule has 1 aromatic rings. The van der Waals surface area contributed by atoms with Crippen molar-refractivity contribution in [1.29, 1.82) is 0 Å². The summed E-state index contributed by atoms with van der Waals surface area (Å²) >= 11 is 0. The Morgan fingerprint density at radius 1 is 1.47 bits per heavy atom. The molecule has 1 aliphatic heterocycles. The first-order chi connectivity index (χ1) is 8.11. The molecule has 1 aliphatic carbocycles. The van der Waals surface area contributed by atoms with Gasteiger partial charge in [0.25, 0.3) is 5.69 Å². The van der Waals surface area contributed by atoms with E-state index in [1.165, 1.54) is 6.07 Å². The van der Waals surface area contributed by atoms with Crippen molar-refractivity contribution in [2.75, 3.05) is 6.61 Å². The largest absolute Gasteiger partial charge is 0.457 e. The summed E-state index contributed by atoms with van der Waals surface area (Å²) in [5.74, 6) is -0.487. The van der Waals surface area contributed by atoms with Crippen LogP contribution in [0.4, 0.5) is 5.69 Å². The Balaban J connectivity index is 2.27. The van der Waals surface area contributed by atoms with Crippen LogP contribution in [0.1, 0.15) is 24.0 Å². The van der Waals surface area contributed by atoms with E-state index in [2.05, 4.69) is 0 Å². The van der Waals surface area contributed by atoms with E-state index in [1.54, 1.807) is 12.1 Å². The smallest absolute Gasteiger partial charge is 0.339 e. The van der Waals surface area contributed by atoms with Crippen LogP contribution in [0.2, 0.25) is 0 Å². The van der Waals surface area contributed by atoms with Gasteiger partial charge in [-0.05, 0) is 11.1 Å². The third-order valence-corrected chi connectivity index (χ3v) is 3.39. The van der Waals surface area contributed by atoms with Gasteiger partial charge in [0.1, 0.15) is 6.61 Å². The van der Waals surface area contributed by atoms with Crippen molar-refractivity contribution in [2.45, 2.75) is 12.8 Å². The van der Waals surface area contributed by atoms with Crippen LogP contribution in [-0.4, -0.2) is 17.5 Å². The van der Waals surface area contributed by atoms with Gasteiger partial charge in [-0.15, -0.1) is 0 Å². The number of ether oxygens (including phenoxy) is 1. The van der Waals surface area contributed by atoms with Crippen molar-refractivity contribution in [2.24, 2.45) is 0 Å². The number of nitro benzene ring substituents is 1. The van der Waals surface area contributed by atoms with Crippen LogP contribution >= 0.6 is 0 Å². The molecule has 0 radical (unpaired) electrons. The molecule has 0 bridgehead atoms. The van der Waals surface area contributed by atoms with Gasteiger partial charge in [0.15, 0.2) is 0 Å². The Hall–Kier alpha value is -2.17. The minimum Gasteiger partial charge on any atom is -0.457 e. The number of nitrogens with zero attached hydrogens (tertiary/aromatic N) is 1. The van der Waals surface area contributed by atoms with Crippen LogP contribution in [0.3, 0.4) is 0 Å². The Labute approximate surface area is 96.8 Å². The molecular weight excluding hydrogens is 222 g/mol. The zero-order chi connectivity index (χ0) is 12.2. The quantitative estimate of drug-likeness (QED) is 0.421. The van der Waals surface area contributed by atoms with Crippen molar-refractivity contribution < 1.29 is 14.5 Å². The van der Waals surface area contributed by atoms with Crippen molar-refractivity contribution in [3.05, 3.63) is 45.0 Å². The zero-order valence-corrected chi connectivity index (χ0v) is 9.10. The average Bonchev–Trinajstić information content (AvgIpc) is 2.81. The number of carbonyl (C=O) groups is 1. The third-order valence-electron chi connectivity index (χ3n) is 3.39. The van der Waals surface area contributed by atoms with E-state index in [0.29, 0.717) is 16.7 Å². The molecule has 1 atom stereocenters. The summed E-state index contributed by atoms with van der Waals surface area (Å²) in [5, 5.41) is 11.0. The fourth-order valence-electron chi connectivity index (χ4n) is 2.60. The van der Waals surface area contributed by atoms with Gasteiger partial charge in [0, 0.05) is 17.5 Å². The normalized spacial score (nSPS) is 21.2. The predicted molar refractivity (Wildman–Crippen MR) is 59.4 cm³/mol. The lowest BCUT2D eigenvalue weighted by molar-refractivity contribution is -0.385. The summed E-state index contributed by atoms with van der Waals surface area (Å²) in [6.07, 6.45) is 0. The van der Waals surface area contributed by atoms with Gasteiger partial charge in [0.05, 0.1) is 10.5 Å². The molecule has 5 nitrogen and oxygen atoms in total. The number of cyclic esters (lactones) is 1. The van der Waals surface area contributed by atoms with Crippen LogP contribution in [0.25, 0.3) is 5.57 Å². The van der Waals surface area contributed by atoms with Gasteiger partial charge in [-0.3, -0.25) is 10.1 Å². The third kappa shape index (κ3) is 1.16. The molecule has 2 aliphatic rings. The second-order valence-corrected chi connectivity index (χ2v) is 4.19. The molecule has 1 heterocycles. The summed E-state index contributed by atoms with van der Waals surface area (Å²) in [6, 6.07) is 4.82. The number of hydrogen-bond donors (Lipinski definition) is 0. The fourth-order valence-corrected chi connectivity index (χ4v) is 2.60. The van der Waals surface area contributed by atoms with Crippen LogP contribution in [0.5, 0.6) is 0 Å². The second kappa shape index (κ2) is 3.16. The first-order valence-corrected chi connectivity index (χ1v) is 5.29. The van der Waals surface area contributed by atoms with E-state index in [-0.39, 0.29) is 24.2 Å². The van der Waals surface area contributed by atoms with Gasteiger partial charge in [-0.25, -0.2) is 4.79 Å². The molecule has 1 unspecified atom stereocenters. The number of carbonyl (C=O) groups excluding carboxylic acids is 1. The average molecular weight is 231 g/mol. The Kier molecular flexibility index (Phi) is 1.86. The topological polar surface area (TPSA) is 69.4 Å². The van der Waals surface area contributed by atoms with Gasteiger partial charge >= 0.3 is 5.97 Å². The molecule has 0 N–H and O–H groups in total.